The largest absolute Gasteiger partial charge is 0.290 e. The van der Waals surface area contributed by atoms with Gasteiger partial charge < -0.3 is 0 Å². The van der Waals surface area contributed by atoms with Crippen molar-refractivity contribution in [1.82, 2.24) is 0 Å². The normalized spacial score (nSPS) is 17.1. The van der Waals surface area contributed by atoms with Crippen molar-refractivity contribution in [3.05, 3.63) is 142 Å². The van der Waals surface area contributed by atoms with Crippen LogP contribution in [-0.4, -0.2) is 11.6 Å². The molecule has 0 unspecified atom stereocenters. The molecule has 0 atom stereocenters. The monoisotopic (exact) mass is 434 g/mol. The molecule has 0 aromatic heterocycles. The average molecular weight is 434 g/mol. The molecule has 0 N–H and O–H groups in total. The summed E-state index contributed by atoms with van der Waals surface area (Å²) in [5.41, 5.74) is 6.84. The van der Waals surface area contributed by atoms with Crippen LogP contribution in [-0.2, 0) is 9.59 Å². The Labute approximate surface area is 198 Å². The summed E-state index contributed by atoms with van der Waals surface area (Å²) < 4.78 is 0. The highest BCUT2D eigenvalue weighted by Crippen LogP contribution is 2.51. The second-order valence-corrected chi connectivity index (χ2v) is 8.44. The summed E-state index contributed by atoms with van der Waals surface area (Å²) in [7, 11) is 0. The Hall–Kier alpha value is -4.66. The standard InChI is InChI=1S/C32H18O2/c33-31-29-25-15-7-13-23(19-17-21-9-3-1-4-10-21)27(25)30(32(31)34)28-24(14-8-16-26(28)29)20-18-22-11-5-2-6-12-22/h1-16,29-30H. The Morgan fingerprint density at radius 1 is 0.441 bits per heavy atom. The van der Waals surface area contributed by atoms with Crippen LogP contribution < -0.4 is 0 Å². The fourth-order valence-electron chi connectivity index (χ4n) is 4.99. The molecule has 0 saturated carbocycles. The van der Waals surface area contributed by atoms with Gasteiger partial charge >= 0.3 is 0 Å². The van der Waals surface area contributed by atoms with Gasteiger partial charge in [-0.2, -0.15) is 0 Å². The highest BCUT2D eigenvalue weighted by atomic mass is 16.2. The lowest BCUT2D eigenvalue weighted by Crippen LogP contribution is -2.41. The fraction of sp³-hybridized carbons (Fsp3) is 0.0625. The Morgan fingerprint density at radius 2 is 0.882 bits per heavy atom. The molecule has 158 valence electrons. The van der Waals surface area contributed by atoms with Gasteiger partial charge in [0.2, 0.25) is 11.6 Å². The maximum absolute atomic E-state index is 13.3. The molecule has 4 aromatic rings. The number of carbonyl (C=O) groups is 2. The summed E-state index contributed by atoms with van der Waals surface area (Å²) in [6, 6.07) is 31.1. The third-order valence-electron chi connectivity index (χ3n) is 6.48. The van der Waals surface area contributed by atoms with E-state index in [2.05, 4.69) is 23.7 Å². The summed E-state index contributed by atoms with van der Waals surface area (Å²) in [5.74, 6) is 11.0. The Morgan fingerprint density at radius 3 is 1.35 bits per heavy atom. The average Bonchev–Trinajstić information content (AvgIpc) is 2.89. The van der Waals surface area contributed by atoms with Crippen molar-refractivity contribution in [2.24, 2.45) is 0 Å². The van der Waals surface area contributed by atoms with Crippen molar-refractivity contribution in [1.29, 1.82) is 0 Å². The first-order chi connectivity index (χ1) is 16.7. The minimum absolute atomic E-state index is 0.341. The number of rotatable bonds is 0. The minimum Gasteiger partial charge on any atom is -0.290 e. The van der Waals surface area contributed by atoms with Crippen LogP contribution in [0.3, 0.4) is 0 Å². The third kappa shape index (κ3) is 3.17. The zero-order chi connectivity index (χ0) is 23.1. The predicted octanol–water partition coefficient (Wildman–Crippen LogP) is 5.22. The molecule has 0 aliphatic heterocycles. The second-order valence-electron chi connectivity index (χ2n) is 8.44. The highest BCUT2D eigenvalue weighted by molar-refractivity contribution is 6.45. The third-order valence-corrected chi connectivity index (χ3v) is 6.48. The maximum atomic E-state index is 13.3. The number of carbonyl (C=O) groups excluding carboxylic acids is 2. The van der Waals surface area contributed by atoms with E-state index in [4.69, 9.17) is 0 Å². The molecular weight excluding hydrogens is 416 g/mol. The van der Waals surface area contributed by atoms with Gasteiger partial charge in [0.05, 0.1) is 11.8 Å². The Kier molecular flexibility index (Phi) is 4.72. The van der Waals surface area contributed by atoms with Gasteiger partial charge in [0, 0.05) is 22.3 Å². The second kappa shape index (κ2) is 8.04. The van der Waals surface area contributed by atoms with Crippen molar-refractivity contribution in [2.45, 2.75) is 11.8 Å². The van der Waals surface area contributed by atoms with E-state index in [0.29, 0.717) is 0 Å². The maximum Gasteiger partial charge on any atom is 0.211 e. The quantitative estimate of drug-likeness (QED) is 0.281. The van der Waals surface area contributed by atoms with Crippen molar-refractivity contribution in [3.63, 3.8) is 0 Å². The van der Waals surface area contributed by atoms with Crippen LogP contribution in [0.1, 0.15) is 56.3 Å². The molecule has 0 saturated heterocycles. The molecular formula is C32H18O2. The van der Waals surface area contributed by atoms with Gasteiger partial charge in [-0.1, -0.05) is 84.3 Å². The lowest BCUT2D eigenvalue weighted by atomic mass is 9.60. The van der Waals surface area contributed by atoms with Gasteiger partial charge in [-0.25, -0.2) is 0 Å². The molecule has 7 rings (SSSR count). The molecule has 34 heavy (non-hydrogen) atoms. The van der Waals surface area contributed by atoms with Crippen molar-refractivity contribution < 1.29 is 9.59 Å². The lowest BCUT2D eigenvalue weighted by molar-refractivity contribution is -0.138. The molecule has 3 aliphatic carbocycles. The molecule has 0 radical (unpaired) electrons. The van der Waals surface area contributed by atoms with Crippen LogP contribution in [0, 0.1) is 23.7 Å². The van der Waals surface area contributed by atoms with Crippen LogP contribution >= 0.6 is 0 Å². The SMILES string of the molecule is O=C1C(=O)C2c3c(C#Cc4ccccc4)cccc3C1c1cccc(C#Cc3ccccc3)c12. The highest BCUT2D eigenvalue weighted by Gasteiger charge is 2.50. The van der Waals surface area contributed by atoms with E-state index in [-0.39, 0.29) is 11.6 Å². The fourth-order valence-corrected chi connectivity index (χ4v) is 4.99. The molecule has 4 aromatic carbocycles. The van der Waals surface area contributed by atoms with Crippen LogP contribution in [0.5, 0.6) is 0 Å². The molecule has 0 fully saturated rings. The predicted molar refractivity (Wildman–Crippen MR) is 131 cm³/mol. The number of benzene rings is 4. The van der Waals surface area contributed by atoms with Crippen LogP contribution in [0.15, 0.2) is 97.1 Å². The lowest BCUT2D eigenvalue weighted by Gasteiger charge is -2.39. The Bertz CT molecular complexity index is 1480. The summed E-state index contributed by atoms with van der Waals surface area (Å²) in [4.78, 5) is 26.4. The van der Waals surface area contributed by atoms with Crippen molar-refractivity contribution in [2.75, 3.05) is 0 Å². The van der Waals surface area contributed by atoms with Gasteiger partial charge in [0.25, 0.3) is 0 Å². The first-order valence-corrected chi connectivity index (χ1v) is 11.2. The summed E-state index contributed by atoms with van der Waals surface area (Å²) in [6.07, 6.45) is 0. The van der Waals surface area contributed by atoms with E-state index in [1.54, 1.807) is 0 Å². The van der Waals surface area contributed by atoms with Gasteiger partial charge in [0.1, 0.15) is 0 Å². The molecule has 2 bridgehead atoms. The molecule has 2 heteroatoms. The molecule has 0 amide bonds. The summed E-state index contributed by atoms with van der Waals surface area (Å²) in [6.45, 7) is 0. The van der Waals surface area contributed by atoms with E-state index < -0.39 is 11.8 Å². The van der Waals surface area contributed by atoms with Gasteiger partial charge in [0.15, 0.2) is 0 Å². The molecule has 0 heterocycles. The number of fused-ring (bicyclic) bond motifs is 1. The van der Waals surface area contributed by atoms with E-state index in [0.717, 1.165) is 44.5 Å². The first-order valence-electron chi connectivity index (χ1n) is 11.2. The van der Waals surface area contributed by atoms with E-state index in [1.807, 2.05) is 97.1 Å². The van der Waals surface area contributed by atoms with Gasteiger partial charge in [-0.15, -0.1) is 0 Å². The van der Waals surface area contributed by atoms with Crippen molar-refractivity contribution in [3.8, 4) is 23.7 Å². The van der Waals surface area contributed by atoms with Gasteiger partial charge in [-0.05, 0) is 58.7 Å². The van der Waals surface area contributed by atoms with E-state index in [9.17, 15) is 9.59 Å². The topological polar surface area (TPSA) is 34.1 Å². The number of ketones is 2. The minimum atomic E-state index is -0.676. The van der Waals surface area contributed by atoms with Crippen LogP contribution in [0.2, 0.25) is 0 Å². The van der Waals surface area contributed by atoms with E-state index >= 15 is 0 Å². The molecule has 0 spiro atoms. The first kappa shape index (κ1) is 20.0. The number of Topliss-reactive ketones (excluding diaryl/α,β-unsaturated/α-hetero) is 2. The number of hydrogen-bond donors (Lipinski definition) is 0. The van der Waals surface area contributed by atoms with Crippen LogP contribution in [0.25, 0.3) is 0 Å². The zero-order valence-electron chi connectivity index (χ0n) is 18.2. The van der Waals surface area contributed by atoms with E-state index in [1.165, 1.54) is 0 Å². The number of hydrogen-bond acceptors (Lipinski definition) is 2. The van der Waals surface area contributed by atoms with Gasteiger partial charge in [-0.3, -0.25) is 9.59 Å². The summed E-state index contributed by atoms with van der Waals surface area (Å²) >= 11 is 0. The Balaban J connectivity index is 1.54. The van der Waals surface area contributed by atoms with Crippen molar-refractivity contribution >= 4 is 11.6 Å². The smallest absolute Gasteiger partial charge is 0.211 e. The zero-order valence-corrected chi connectivity index (χ0v) is 18.2. The molecule has 2 nitrogen and oxygen atoms in total. The molecule has 3 aliphatic rings. The van der Waals surface area contributed by atoms with Crippen LogP contribution in [0.4, 0.5) is 0 Å². The summed E-state index contributed by atoms with van der Waals surface area (Å²) in [5, 5.41) is 0.